The van der Waals surface area contributed by atoms with E-state index >= 15 is 0 Å². The number of carbonyl (C=O) groups excluding carboxylic acids is 1. The number of rotatable bonds is 2. The van der Waals surface area contributed by atoms with Gasteiger partial charge in [0.15, 0.2) is 0 Å². The number of fused-ring (bicyclic) bond motifs is 1. The summed E-state index contributed by atoms with van der Waals surface area (Å²) < 4.78 is 27.2. The number of hydrogen-bond acceptors (Lipinski definition) is 3. The van der Waals surface area contributed by atoms with E-state index in [1.165, 1.54) is 0 Å². The van der Waals surface area contributed by atoms with Crippen LogP contribution in [0.15, 0.2) is 24.3 Å². The van der Waals surface area contributed by atoms with Crippen molar-refractivity contribution in [2.75, 3.05) is 4.72 Å². The highest BCUT2D eigenvalue weighted by Gasteiger charge is 2.37. The molecule has 1 aliphatic rings. The molecular formula is C11H14N2O3S. The Labute approximate surface area is 101 Å². The Bertz CT molecular complexity index is 554. The van der Waals surface area contributed by atoms with Crippen LogP contribution in [-0.2, 0) is 10.2 Å². The van der Waals surface area contributed by atoms with Gasteiger partial charge in [0.2, 0.25) is 0 Å². The standard InChI is InChI=1S/C11H14N2O3S/c1-3-8(2)13-11(14)9-6-4-5-7-10(9)12-17(13,15)16/h4-8,12H,3H2,1-2H3. The molecule has 0 spiro atoms. The quantitative estimate of drug-likeness (QED) is 0.871. The third-order valence-corrected chi connectivity index (χ3v) is 4.37. The number of benzene rings is 1. The SMILES string of the molecule is CCC(C)N1C(=O)c2ccccc2NS1(=O)=O. The maximum absolute atomic E-state index is 12.1. The maximum Gasteiger partial charge on any atom is 0.326 e. The van der Waals surface area contributed by atoms with Gasteiger partial charge in [0.1, 0.15) is 0 Å². The molecular weight excluding hydrogens is 240 g/mol. The number of para-hydroxylation sites is 1. The Morgan fingerprint density at radius 2 is 2.00 bits per heavy atom. The molecule has 0 saturated heterocycles. The van der Waals surface area contributed by atoms with Crippen molar-refractivity contribution in [2.45, 2.75) is 26.3 Å². The monoisotopic (exact) mass is 254 g/mol. The molecule has 0 fully saturated rings. The van der Waals surface area contributed by atoms with Crippen LogP contribution in [-0.4, -0.2) is 24.7 Å². The van der Waals surface area contributed by atoms with Gasteiger partial charge in [0.05, 0.1) is 11.3 Å². The highest BCUT2D eigenvalue weighted by Crippen LogP contribution is 2.27. The zero-order chi connectivity index (χ0) is 12.6. The largest absolute Gasteiger partial charge is 0.326 e. The number of amides is 1. The van der Waals surface area contributed by atoms with Crippen molar-refractivity contribution in [3.63, 3.8) is 0 Å². The van der Waals surface area contributed by atoms with Crippen molar-refractivity contribution in [2.24, 2.45) is 0 Å². The van der Waals surface area contributed by atoms with E-state index in [2.05, 4.69) is 4.72 Å². The molecule has 0 saturated carbocycles. The molecule has 1 amide bonds. The lowest BCUT2D eigenvalue weighted by Crippen LogP contribution is -2.49. The van der Waals surface area contributed by atoms with Gasteiger partial charge in [-0.2, -0.15) is 8.42 Å². The molecule has 1 aliphatic heterocycles. The highest BCUT2D eigenvalue weighted by atomic mass is 32.2. The minimum atomic E-state index is -3.76. The average Bonchev–Trinajstić information content (AvgIpc) is 2.27. The zero-order valence-corrected chi connectivity index (χ0v) is 10.5. The van der Waals surface area contributed by atoms with E-state index < -0.39 is 16.1 Å². The lowest BCUT2D eigenvalue weighted by Gasteiger charge is -2.32. The number of anilines is 1. The smallest absolute Gasteiger partial charge is 0.268 e. The van der Waals surface area contributed by atoms with Crippen LogP contribution in [0.3, 0.4) is 0 Å². The molecule has 6 heteroatoms. The van der Waals surface area contributed by atoms with E-state index in [9.17, 15) is 13.2 Å². The first-order valence-electron chi connectivity index (χ1n) is 5.43. The fourth-order valence-electron chi connectivity index (χ4n) is 1.78. The summed E-state index contributed by atoms with van der Waals surface area (Å²) in [5.74, 6) is -0.464. The third-order valence-electron chi connectivity index (χ3n) is 2.85. The van der Waals surface area contributed by atoms with Gasteiger partial charge >= 0.3 is 10.2 Å². The first-order valence-corrected chi connectivity index (χ1v) is 6.87. The predicted octanol–water partition coefficient (Wildman–Crippen LogP) is 1.60. The van der Waals surface area contributed by atoms with Gasteiger partial charge < -0.3 is 0 Å². The van der Waals surface area contributed by atoms with Crippen molar-refractivity contribution >= 4 is 21.8 Å². The molecule has 1 N–H and O–H groups in total. The Hall–Kier alpha value is -1.56. The van der Waals surface area contributed by atoms with Gasteiger partial charge in [-0.1, -0.05) is 19.1 Å². The molecule has 17 heavy (non-hydrogen) atoms. The van der Waals surface area contributed by atoms with Crippen LogP contribution >= 0.6 is 0 Å². The lowest BCUT2D eigenvalue weighted by atomic mass is 10.1. The second-order valence-electron chi connectivity index (χ2n) is 4.01. The number of hydrogen-bond donors (Lipinski definition) is 1. The molecule has 0 aliphatic carbocycles. The topological polar surface area (TPSA) is 66.5 Å². The van der Waals surface area contributed by atoms with Crippen LogP contribution in [0.1, 0.15) is 30.6 Å². The van der Waals surface area contributed by atoms with Crippen LogP contribution < -0.4 is 4.72 Å². The highest BCUT2D eigenvalue weighted by molar-refractivity contribution is 7.91. The van der Waals surface area contributed by atoms with E-state index in [0.29, 0.717) is 17.7 Å². The van der Waals surface area contributed by atoms with E-state index in [0.717, 1.165) is 4.31 Å². The van der Waals surface area contributed by atoms with Crippen molar-refractivity contribution < 1.29 is 13.2 Å². The van der Waals surface area contributed by atoms with Crippen LogP contribution in [0.2, 0.25) is 0 Å². The molecule has 1 aromatic rings. The predicted molar refractivity (Wildman–Crippen MR) is 64.9 cm³/mol. The fraction of sp³-hybridized carbons (Fsp3) is 0.364. The fourth-order valence-corrected chi connectivity index (χ4v) is 3.27. The van der Waals surface area contributed by atoms with Gasteiger partial charge in [-0.15, -0.1) is 0 Å². The van der Waals surface area contributed by atoms with E-state index in [1.807, 2.05) is 6.92 Å². The summed E-state index contributed by atoms with van der Waals surface area (Å²) in [5.41, 5.74) is 0.736. The lowest BCUT2D eigenvalue weighted by molar-refractivity contribution is 0.0825. The second kappa shape index (κ2) is 4.03. The Balaban J connectivity index is 2.55. The summed E-state index contributed by atoms with van der Waals surface area (Å²) in [5, 5.41) is 0. The molecule has 1 aromatic carbocycles. The van der Waals surface area contributed by atoms with Gasteiger partial charge in [0.25, 0.3) is 5.91 Å². The van der Waals surface area contributed by atoms with Crippen molar-refractivity contribution in [3.05, 3.63) is 29.8 Å². The average molecular weight is 254 g/mol. The molecule has 2 rings (SSSR count). The van der Waals surface area contributed by atoms with Crippen LogP contribution in [0, 0.1) is 0 Å². The Morgan fingerprint density at radius 3 is 2.65 bits per heavy atom. The van der Waals surface area contributed by atoms with E-state index in [-0.39, 0.29) is 6.04 Å². The third kappa shape index (κ3) is 1.88. The number of carbonyl (C=O) groups is 1. The number of nitrogens with one attached hydrogen (secondary N) is 1. The summed E-state index contributed by atoms with van der Waals surface area (Å²) in [4.78, 5) is 12.1. The van der Waals surface area contributed by atoms with Gasteiger partial charge in [-0.05, 0) is 25.5 Å². The first kappa shape index (κ1) is 11.9. The molecule has 1 heterocycles. The molecule has 0 aromatic heterocycles. The molecule has 0 radical (unpaired) electrons. The van der Waals surface area contributed by atoms with Crippen molar-refractivity contribution in [1.82, 2.24) is 4.31 Å². The Morgan fingerprint density at radius 1 is 1.35 bits per heavy atom. The molecule has 5 nitrogen and oxygen atoms in total. The number of nitrogens with zero attached hydrogens (tertiary/aromatic N) is 1. The Kier molecular flexibility index (Phi) is 2.82. The molecule has 0 bridgehead atoms. The second-order valence-corrected chi connectivity index (χ2v) is 5.56. The maximum atomic E-state index is 12.1. The van der Waals surface area contributed by atoms with E-state index in [4.69, 9.17) is 0 Å². The molecule has 92 valence electrons. The van der Waals surface area contributed by atoms with Crippen LogP contribution in [0.4, 0.5) is 5.69 Å². The zero-order valence-electron chi connectivity index (χ0n) is 9.67. The van der Waals surface area contributed by atoms with Crippen molar-refractivity contribution in [3.8, 4) is 0 Å². The minimum absolute atomic E-state index is 0.344. The van der Waals surface area contributed by atoms with Crippen LogP contribution in [0.5, 0.6) is 0 Å². The van der Waals surface area contributed by atoms with E-state index in [1.54, 1.807) is 31.2 Å². The van der Waals surface area contributed by atoms with Crippen molar-refractivity contribution in [1.29, 1.82) is 0 Å². The molecule has 1 atom stereocenters. The minimum Gasteiger partial charge on any atom is -0.268 e. The summed E-state index contributed by atoms with van der Waals surface area (Å²) in [6, 6.07) is 6.25. The normalized spacial score (nSPS) is 19.4. The van der Waals surface area contributed by atoms with Crippen LogP contribution in [0.25, 0.3) is 0 Å². The summed E-state index contributed by atoms with van der Waals surface area (Å²) in [7, 11) is -3.76. The van der Waals surface area contributed by atoms with Gasteiger partial charge in [-0.25, -0.2) is 4.31 Å². The molecule has 1 unspecified atom stereocenters. The first-order chi connectivity index (χ1) is 7.97. The summed E-state index contributed by atoms with van der Waals surface area (Å²) in [6.45, 7) is 3.55. The van der Waals surface area contributed by atoms with Gasteiger partial charge in [0, 0.05) is 6.04 Å². The summed E-state index contributed by atoms with van der Waals surface area (Å²) >= 11 is 0. The summed E-state index contributed by atoms with van der Waals surface area (Å²) in [6.07, 6.45) is 0.578. The van der Waals surface area contributed by atoms with Gasteiger partial charge in [-0.3, -0.25) is 9.52 Å².